The Labute approximate surface area is 161 Å². The largest absolute Gasteiger partial charge is 0.489 e. The number of rotatable bonds is 5. The second-order valence-electron chi connectivity index (χ2n) is 5.76. The molecule has 1 aliphatic heterocycles. The highest BCUT2D eigenvalue weighted by molar-refractivity contribution is 14.0. The summed E-state index contributed by atoms with van der Waals surface area (Å²) in [7, 11) is 1.82. The third kappa shape index (κ3) is 7.65. The van der Waals surface area contributed by atoms with E-state index < -0.39 is 0 Å². The lowest BCUT2D eigenvalue weighted by atomic mass is 10.2. The number of aliphatic imine (C=N–C) groups is 1. The van der Waals surface area contributed by atoms with Crippen LogP contribution in [0.15, 0.2) is 29.3 Å². The van der Waals surface area contributed by atoms with E-state index in [0.717, 1.165) is 24.0 Å². The average molecular weight is 449 g/mol. The van der Waals surface area contributed by atoms with Gasteiger partial charge in [-0.25, -0.2) is 0 Å². The fraction of sp³-hybridized carbons (Fsp3) is 0.588. The van der Waals surface area contributed by atoms with Crippen LogP contribution in [0.4, 0.5) is 0 Å². The summed E-state index contributed by atoms with van der Waals surface area (Å²) >= 11 is 2.01. The van der Waals surface area contributed by atoms with Gasteiger partial charge in [0.2, 0.25) is 0 Å². The van der Waals surface area contributed by atoms with Crippen LogP contribution in [0.1, 0.15) is 25.3 Å². The molecule has 0 spiro atoms. The fourth-order valence-electron chi connectivity index (χ4n) is 2.45. The normalized spacial score (nSPS) is 19.4. The quantitative estimate of drug-likeness (QED) is 0.411. The molecule has 4 nitrogen and oxygen atoms in total. The van der Waals surface area contributed by atoms with Crippen LogP contribution < -0.4 is 15.4 Å². The molecule has 2 atom stereocenters. The summed E-state index contributed by atoms with van der Waals surface area (Å²) in [5.74, 6) is 4.23. The van der Waals surface area contributed by atoms with E-state index in [4.69, 9.17) is 4.74 Å². The average Bonchev–Trinajstić information content (AvgIpc) is 2.52. The zero-order valence-corrected chi connectivity index (χ0v) is 17.3. The summed E-state index contributed by atoms with van der Waals surface area (Å²) < 4.78 is 5.93. The number of hydrogen-bond donors (Lipinski definition) is 2. The van der Waals surface area contributed by atoms with Gasteiger partial charge in [0.1, 0.15) is 11.9 Å². The minimum Gasteiger partial charge on any atom is -0.489 e. The lowest BCUT2D eigenvalue weighted by Crippen LogP contribution is -2.47. The van der Waals surface area contributed by atoms with Crippen LogP contribution in [0.3, 0.4) is 0 Å². The molecule has 1 aromatic carbocycles. The van der Waals surface area contributed by atoms with Crippen LogP contribution in [0.25, 0.3) is 0 Å². The van der Waals surface area contributed by atoms with Crippen LogP contribution in [0.2, 0.25) is 0 Å². The molecule has 2 rings (SSSR count). The summed E-state index contributed by atoms with van der Waals surface area (Å²) in [5, 5.41) is 6.85. The molecule has 1 aliphatic rings. The first kappa shape index (κ1) is 20.4. The lowest BCUT2D eigenvalue weighted by molar-refractivity contribution is 0.223. The minimum atomic E-state index is 0. The summed E-state index contributed by atoms with van der Waals surface area (Å²) in [4.78, 5) is 4.30. The van der Waals surface area contributed by atoms with E-state index in [1.165, 1.54) is 24.2 Å². The predicted molar refractivity (Wildman–Crippen MR) is 112 cm³/mol. The Morgan fingerprint density at radius 2 is 2.30 bits per heavy atom. The molecule has 0 amide bonds. The SMILES string of the molecule is CN=C(NCC(C)Oc1cccc(C)c1)NC1CCCSC1.I. The van der Waals surface area contributed by atoms with Gasteiger partial charge in [-0.1, -0.05) is 12.1 Å². The van der Waals surface area contributed by atoms with E-state index in [1.807, 2.05) is 30.9 Å². The number of halogens is 1. The minimum absolute atomic E-state index is 0. The number of nitrogens with one attached hydrogen (secondary N) is 2. The molecule has 0 aromatic heterocycles. The van der Waals surface area contributed by atoms with Crippen LogP contribution in [0.5, 0.6) is 5.75 Å². The summed E-state index contributed by atoms with van der Waals surface area (Å²) in [6, 6.07) is 8.67. The second kappa shape index (κ2) is 11.0. The second-order valence-corrected chi connectivity index (χ2v) is 6.91. The maximum absolute atomic E-state index is 5.93. The van der Waals surface area contributed by atoms with Crippen molar-refractivity contribution in [1.82, 2.24) is 10.6 Å². The summed E-state index contributed by atoms with van der Waals surface area (Å²) in [5.41, 5.74) is 1.21. The first-order valence-electron chi connectivity index (χ1n) is 7.95. The number of nitrogens with zero attached hydrogens (tertiary/aromatic N) is 1. The third-order valence-electron chi connectivity index (χ3n) is 3.61. The van der Waals surface area contributed by atoms with E-state index in [9.17, 15) is 0 Å². The van der Waals surface area contributed by atoms with Crippen molar-refractivity contribution in [3.63, 3.8) is 0 Å². The molecule has 1 fully saturated rings. The van der Waals surface area contributed by atoms with Gasteiger partial charge in [0.25, 0.3) is 0 Å². The molecular formula is C17H28IN3OS. The van der Waals surface area contributed by atoms with Crippen molar-refractivity contribution < 1.29 is 4.74 Å². The van der Waals surface area contributed by atoms with Crippen molar-refractivity contribution in [3.05, 3.63) is 29.8 Å². The highest BCUT2D eigenvalue weighted by atomic mass is 127. The Balaban J connectivity index is 0.00000264. The van der Waals surface area contributed by atoms with E-state index in [1.54, 1.807) is 0 Å². The number of benzene rings is 1. The highest BCUT2D eigenvalue weighted by Gasteiger charge is 2.15. The topological polar surface area (TPSA) is 45.7 Å². The number of guanidine groups is 1. The summed E-state index contributed by atoms with van der Waals surface area (Å²) in [6.45, 7) is 4.87. The van der Waals surface area contributed by atoms with Crippen molar-refractivity contribution in [2.45, 2.75) is 38.8 Å². The number of aryl methyl sites for hydroxylation is 1. The highest BCUT2D eigenvalue weighted by Crippen LogP contribution is 2.17. The van der Waals surface area contributed by atoms with Gasteiger partial charge in [0, 0.05) is 18.8 Å². The Hall–Kier alpha value is -0.630. The monoisotopic (exact) mass is 449 g/mol. The Bertz CT molecular complexity index is 492. The predicted octanol–water partition coefficient (Wildman–Crippen LogP) is 3.44. The molecule has 0 saturated carbocycles. The third-order valence-corrected chi connectivity index (χ3v) is 4.82. The van der Waals surface area contributed by atoms with Gasteiger partial charge in [-0.2, -0.15) is 11.8 Å². The lowest BCUT2D eigenvalue weighted by Gasteiger charge is -2.25. The van der Waals surface area contributed by atoms with Gasteiger partial charge in [-0.05, 0) is 50.1 Å². The summed E-state index contributed by atoms with van der Waals surface area (Å²) in [6.07, 6.45) is 2.59. The Morgan fingerprint density at radius 3 is 2.96 bits per heavy atom. The van der Waals surface area contributed by atoms with Crippen molar-refractivity contribution in [1.29, 1.82) is 0 Å². The van der Waals surface area contributed by atoms with Gasteiger partial charge in [0.05, 0.1) is 6.54 Å². The number of thioether (sulfide) groups is 1. The van der Waals surface area contributed by atoms with Crippen LogP contribution in [-0.2, 0) is 0 Å². The Kier molecular flexibility index (Phi) is 9.78. The molecule has 2 N–H and O–H groups in total. The zero-order chi connectivity index (χ0) is 15.8. The van der Waals surface area contributed by atoms with Crippen molar-refractivity contribution >= 4 is 41.7 Å². The van der Waals surface area contributed by atoms with Crippen molar-refractivity contribution in [2.75, 3.05) is 25.1 Å². The number of hydrogen-bond acceptors (Lipinski definition) is 3. The maximum atomic E-state index is 5.93. The van der Waals surface area contributed by atoms with Gasteiger partial charge >= 0.3 is 0 Å². The molecule has 0 radical (unpaired) electrons. The number of ether oxygens (including phenoxy) is 1. The fourth-order valence-corrected chi connectivity index (χ4v) is 3.52. The molecule has 23 heavy (non-hydrogen) atoms. The van der Waals surface area contributed by atoms with E-state index in [0.29, 0.717) is 6.04 Å². The van der Waals surface area contributed by atoms with Crippen LogP contribution in [-0.4, -0.2) is 43.2 Å². The van der Waals surface area contributed by atoms with E-state index >= 15 is 0 Å². The van der Waals surface area contributed by atoms with Gasteiger partial charge in [-0.3, -0.25) is 4.99 Å². The van der Waals surface area contributed by atoms with Crippen molar-refractivity contribution in [3.8, 4) is 5.75 Å². The molecule has 0 aliphatic carbocycles. The molecule has 1 saturated heterocycles. The van der Waals surface area contributed by atoms with Crippen LogP contribution >= 0.6 is 35.7 Å². The Morgan fingerprint density at radius 1 is 1.48 bits per heavy atom. The maximum Gasteiger partial charge on any atom is 0.191 e. The zero-order valence-electron chi connectivity index (χ0n) is 14.2. The molecule has 0 bridgehead atoms. The van der Waals surface area contributed by atoms with Crippen LogP contribution in [0, 0.1) is 6.92 Å². The van der Waals surface area contributed by atoms with E-state index in [2.05, 4.69) is 41.6 Å². The van der Waals surface area contributed by atoms with Gasteiger partial charge < -0.3 is 15.4 Å². The molecule has 6 heteroatoms. The van der Waals surface area contributed by atoms with Gasteiger partial charge in [0.15, 0.2) is 5.96 Å². The first-order chi connectivity index (χ1) is 10.7. The molecule has 2 unspecified atom stereocenters. The molecule has 1 heterocycles. The molecule has 130 valence electrons. The first-order valence-corrected chi connectivity index (χ1v) is 9.11. The molecule has 1 aromatic rings. The van der Waals surface area contributed by atoms with Crippen molar-refractivity contribution in [2.24, 2.45) is 4.99 Å². The molecular weight excluding hydrogens is 421 g/mol. The van der Waals surface area contributed by atoms with E-state index in [-0.39, 0.29) is 30.1 Å². The van der Waals surface area contributed by atoms with Gasteiger partial charge in [-0.15, -0.1) is 24.0 Å². The standard InChI is InChI=1S/C17H27N3OS.HI/c1-13-6-4-8-16(10-13)21-14(2)11-19-17(18-3)20-15-7-5-9-22-12-15;/h4,6,8,10,14-15H,5,7,9,11-12H2,1-3H3,(H2,18,19,20);1H. The smallest absolute Gasteiger partial charge is 0.191 e.